The molecule has 3 rings (SSSR count). The van der Waals surface area contributed by atoms with Gasteiger partial charge in [0.2, 0.25) is 0 Å². The summed E-state index contributed by atoms with van der Waals surface area (Å²) in [6.07, 6.45) is -0.445. The largest absolute Gasteiger partial charge is 0.416 e. The van der Waals surface area contributed by atoms with E-state index in [1.165, 1.54) is 12.1 Å². The van der Waals surface area contributed by atoms with E-state index in [0.717, 1.165) is 28.9 Å². The number of alkyl halides is 3. The molecule has 2 aromatic carbocycles. The normalized spacial score (nSPS) is 14.2. The van der Waals surface area contributed by atoms with E-state index < -0.39 is 11.7 Å². The minimum Gasteiger partial charge on any atom is -0.364 e. The number of rotatable bonds is 2. The molecule has 0 aromatic heterocycles. The van der Waals surface area contributed by atoms with E-state index in [-0.39, 0.29) is 6.04 Å². The van der Waals surface area contributed by atoms with Gasteiger partial charge in [-0.3, -0.25) is 0 Å². The van der Waals surface area contributed by atoms with Crippen molar-refractivity contribution in [1.82, 2.24) is 0 Å². The lowest BCUT2D eigenvalue weighted by Gasteiger charge is -2.34. The molecule has 0 aliphatic carbocycles. The van der Waals surface area contributed by atoms with Crippen LogP contribution in [0, 0.1) is 0 Å². The number of halogens is 5. The van der Waals surface area contributed by atoms with Crippen molar-refractivity contribution >= 4 is 35.0 Å². The molecule has 0 fully saturated rings. The fraction of sp³-hybridized carbons (Fsp3) is 0.263. The summed E-state index contributed by atoms with van der Waals surface area (Å²) in [4.78, 5) is 2.16. The highest BCUT2D eigenvalue weighted by Gasteiger charge is 2.30. The van der Waals surface area contributed by atoms with Gasteiger partial charge in [0.25, 0.3) is 0 Å². The third kappa shape index (κ3) is 3.38. The van der Waals surface area contributed by atoms with Gasteiger partial charge in [0.1, 0.15) is 0 Å². The Morgan fingerprint density at radius 3 is 2.28 bits per heavy atom. The molecule has 2 aromatic rings. The van der Waals surface area contributed by atoms with E-state index in [1.807, 2.05) is 12.2 Å². The molecule has 0 amide bonds. The minimum absolute atomic E-state index is 0.203. The predicted molar refractivity (Wildman–Crippen MR) is 98.4 cm³/mol. The number of hydrogen-bond acceptors (Lipinski definition) is 1. The van der Waals surface area contributed by atoms with Crippen LogP contribution in [0.15, 0.2) is 36.4 Å². The van der Waals surface area contributed by atoms with E-state index in [2.05, 4.69) is 18.7 Å². The quantitative estimate of drug-likeness (QED) is 0.542. The molecule has 1 nitrogen and oxygen atoms in total. The van der Waals surface area contributed by atoms with Crippen molar-refractivity contribution in [3.05, 3.63) is 57.6 Å². The number of nitrogens with zero attached hydrogens (tertiary/aromatic N) is 1. The first-order valence-electron chi connectivity index (χ1n) is 7.83. The highest BCUT2D eigenvalue weighted by molar-refractivity contribution is 6.43. The molecule has 0 radical (unpaired) electrons. The summed E-state index contributed by atoms with van der Waals surface area (Å²) in [6.45, 7) is 4.82. The number of anilines is 1. The Balaban J connectivity index is 2.20. The Morgan fingerprint density at radius 1 is 1.08 bits per heavy atom. The molecule has 0 unspecified atom stereocenters. The lowest BCUT2D eigenvalue weighted by Crippen LogP contribution is -2.33. The standard InChI is InChI=1S/C19H16Cl2F3N/c1-11(2)25-9-3-4-14-17(21)16(20)10-15(18(14)25)12-5-7-13(8-6-12)19(22,23)24/h3-8,10-11H,9H2,1-2H3. The summed E-state index contributed by atoms with van der Waals surface area (Å²) in [5.74, 6) is 0. The van der Waals surface area contributed by atoms with Crippen molar-refractivity contribution < 1.29 is 13.2 Å². The molecule has 6 heteroatoms. The molecule has 132 valence electrons. The third-order valence-corrected chi connectivity index (χ3v) is 5.05. The second kappa shape index (κ2) is 6.58. The Hall–Kier alpha value is -1.65. The van der Waals surface area contributed by atoms with Crippen LogP contribution in [-0.4, -0.2) is 12.6 Å². The first kappa shape index (κ1) is 18.2. The predicted octanol–water partition coefficient (Wildman–Crippen LogP) is 6.92. The van der Waals surface area contributed by atoms with E-state index in [4.69, 9.17) is 23.2 Å². The summed E-state index contributed by atoms with van der Waals surface area (Å²) >= 11 is 12.6. The SMILES string of the molecule is CC(C)N1CC=Cc2c(Cl)c(Cl)cc(-c3ccc(C(F)(F)F)cc3)c21. The van der Waals surface area contributed by atoms with Crippen LogP contribution in [0.5, 0.6) is 0 Å². The van der Waals surface area contributed by atoms with Crippen molar-refractivity contribution in [3.8, 4) is 11.1 Å². The average Bonchev–Trinajstić information content (AvgIpc) is 2.57. The molecule has 0 saturated heterocycles. The molecular formula is C19H16Cl2F3N. The van der Waals surface area contributed by atoms with Gasteiger partial charge in [0, 0.05) is 23.7 Å². The van der Waals surface area contributed by atoms with E-state index in [1.54, 1.807) is 6.07 Å². The molecule has 1 aliphatic heterocycles. The number of hydrogen-bond donors (Lipinski definition) is 0. The first-order valence-corrected chi connectivity index (χ1v) is 8.58. The summed E-state index contributed by atoms with van der Waals surface area (Å²) in [6, 6.07) is 7.04. The van der Waals surface area contributed by atoms with Crippen LogP contribution in [-0.2, 0) is 6.18 Å². The second-order valence-electron chi connectivity index (χ2n) is 6.21. The highest BCUT2D eigenvalue weighted by Crippen LogP contribution is 2.45. The monoisotopic (exact) mass is 385 g/mol. The molecule has 25 heavy (non-hydrogen) atoms. The van der Waals surface area contributed by atoms with Gasteiger partial charge in [-0.15, -0.1) is 0 Å². The molecule has 0 N–H and O–H groups in total. The summed E-state index contributed by atoms with van der Waals surface area (Å²) in [7, 11) is 0. The summed E-state index contributed by atoms with van der Waals surface area (Å²) in [5, 5.41) is 0.833. The van der Waals surface area contributed by atoms with Crippen LogP contribution in [0.2, 0.25) is 10.0 Å². The minimum atomic E-state index is -4.36. The van der Waals surface area contributed by atoms with Crippen LogP contribution in [0.25, 0.3) is 17.2 Å². The van der Waals surface area contributed by atoms with E-state index in [9.17, 15) is 13.2 Å². The van der Waals surface area contributed by atoms with Crippen LogP contribution in [0.3, 0.4) is 0 Å². The average molecular weight is 386 g/mol. The highest BCUT2D eigenvalue weighted by atomic mass is 35.5. The Labute approximate surface area is 154 Å². The Morgan fingerprint density at radius 2 is 1.72 bits per heavy atom. The van der Waals surface area contributed by atoms with Gasteiger partial charge < -0.3 is 4.90 Å². The third-order valence-electron chi connectivity index (χ3n) is 4.25. The second-order valence-corrected chi connectivity index (χ2v) is 6.99. The molecule has 0 bridgehead atoms. The zero-order chi connectivity index (χ0) is 18.4. The molecule has 0 saturated carbocycles. The number of fused-ring (bicyclic) bond motifs is 1. The fourth-order valence-electron chi connectivity index (χ4n) is 3.00. The lowest BCUT2D eigenvalue weighted by molar-refractivity contribution is -0.137. The molecule has 1 aliphatic rings. The van der Waals surface area contributed by atoms with Gasteiger partial charge in [0.15, 0.2) is 0 Å². The Kier molecular flexibility index (Phi) is 4.78. The molecule has 0 atom stereocenters. The lowest BCUT2D eigenvalue weighted by atomic mass is 9.95. The Bertz CT molecular complexity index is 824. The van der Waals surface area contributed by atoms with E-state index in [0.29, 0.717) is 22.2 Å². The molecular weight excluding hydrogens is 370 g/mol. The maximum atomic E-state index is 12.8. The van der Waals surface area contributed by atoms with Crippen molar-refractivity contribution in [3.63, 3.8) is 0 Å². The summed E-state index contributed by atoms with van der Waals surface area (Å²) in [5.41, 5.74) is 2.46. The first-order chi connectivity index (χ1) is 11.7. The van der Waals surface area contributed by atoms with Crippen LogP contribution < -0.4 is 4.90 Å². The van der Waals surface area contributed by atoms with Crippen molar-refractivity contribution in [1.29, 1.82) is 0 Å². The number of benzene rings is 2. The van der Waals surface area contributed by atoms with Crippen LogP contribution in [0.1, 0.15) is 25.0 Å². The molecule has 1 heterocycles. The smallest absolute Gasteiger partial charge is 0.364 e. The van der Waals surface area contributed by atoms with Gasteiger partial charge in [-0.25, -0.2) is 0 Å². The van der Waals surface area contributed by atoms with Gasteiger partial charge >= 0.3 is 6.18 Å². The van der Waals surface area contributed by atoms with Gasteiger partial charge in [0.05, 0.1) is 21.3 Å². The maximum absolute atomic E-state index is 12.8. The van der Waals surface area contributed by atoms with Crippen molar-refractivity contribution in [2.45, 2.75) is 26.1 Å². The maximum Gasteiger partial charge on any atom is 0.416 e. The van der Waals surface area contributed by atoms with Crippen LogP contribution in [0.4, 0.5) is 18.9 Å². The van der Waals surface area contributed by atoms with Gasteiger partial charge in [-0.05, 0) is 37.6 Å². The van der Waals surface area contributed by atoms with Gasteiger partial charge in [-0.2, -0.15) is 13.2 Å². The van der Waals surface area contributed by atoms with Gasteiger partial charge in [-0.1, -0.05) is 47.5 Å². The topological polar surface area (TPSA) is 3.24 Å². The van der Waals surface area contributed by atoms with Crippen LogP contribution >= 0.6 is 23.2 Å². The van der Waals surface area contributed by atoms with E-state index >= 15 is 0 Å². The van der Waals surface area contributed by atoms with Crippen molar-refractivity contribution in [2.75, 3.05) is 11.4 Å². The van der Waals surface area contributed by atoms with Crippen molar-refractivity contribution in [2.24, 2.45) is 0 Å². The zero-order valence-corrected chi connectivity index (χ0v) is 15.2. The summed E-state index contributed by atoms with van der Waals surface area (Å²) < 4.78 is 38.5. The fourth-order valence-corrected chi connectivity index (χ4v) is 3.42. The molecule has 0 spiro atoms. The zero-order valence-electron chi connectivity index (χ0n) is 13.7.